The van der Waals surface area contributed by atoms with Gasteiger partial charge in [0.15, 0.2) is 17.3 Å². The molecule has 0 saturated carbocycles. The summed E-state index contributed by atoms with van der Waals surface area (Å²) < 4.78 is 10.9. The molecule has 0 saturated heterocycles. The molecular weight excluding hydrogens is 316 g/mol. The van der Waals surface area contributed by atoms with Crippen molar-refractivity contribution in [2.24, 2.45) is 5.73 Å². The van der Waals surface area contributed by atoms with E-state index in [4.69, 9.17) is 15.2 Å². The highest BCUT2D eigenvalue weighted by molar-refractivity contribution is 5.55. The summed E-state index contributed by atoms with van der Waals surface area (Å²) in [5, 5.41) is 7.23. The van der Waals surface area contributed by atoms with Gasteiger partial charge in [0.1, 0.15) is 5.82 Å². The van der Waals surface area contributed by atoms with Gasteiger partial charge >= 0.3 is 0 Å². The molecule has 0 aliphatic carbocycles. The molecule has 6 nitrogen and oxygen atoms in total. The monoisotopic (exact) mass is 338 g/mol. The number of aromatic amines is 1. The molecule has 0 amide bonds. The predicted octanol–water partition coefficient (Wildman–Crippen LogP) is 3.24. The fraction of sp³-hybridized carbons (Fsp3) is 0.263. The zero-order chi connectivity index (χ0) is 17.8. The molecule has 25 heavy (non-hydrogen) atoms. The van der Waals surface area contributed by atoms with E-state index in [1.165, 1.54) is 0 Å². The van der Waals surface area contributed by atoms with Crippen LogP contribution in [0.2, 0.25) is 0 Å². The molecular formula is C19H22N4O2. The molecule has 1 unspecified atom stereocenters. The van der Waals surface area contributed by atoms with Crippen LogP contribution in [0.3, 0.4) is 0 Å². The highest BCUT2D eigenvalue weighted by Crippen LogP contribution is 2.31. The maximum atomic E-state index is 6.36. The van der Waals surface area contributed by atoms with E-state index in [2.05, 4.69) is 15.2 Å². The van der Waals surface area contributed by atoms with Gasteiger partial charge < -0.3 is 15.2 Å². The van der Waals surface area contributed by atoms with Gasteiger partial charge in [0.25, 0.3) is 0 Å². The molecule has 0 aliphatic heterocycles. The number of nitrogens with zero attached hydrogens (tertiary/aromatic N) is 2. The van der Waals surface area contributed by atoms with Crippen molar-refractivity contribution in [2.75, 3.05) is 13.7 Å². The van der Waals surface area contributed by atoms with Crippen molar-refractivity contribution in [3.05, 3.63) is 59.4 Å². The van der Waals surface area contributed by atoms with E-state index in [1.807, 2.05) is 56.3 Å². The number of hydrogen-bond acceptors (Lipinski definition) is 5. The van der Waals surface area contributed by atoms with E-state index in [1.54, 1.807) is 7.11 Å². The van der Waals surface area contributed by atoms with Crippen molar-refractivity contribution in [3.8, 4) is 22.9 Å². The average Bonchev–Trinajstić information content (AvgIpc) is 3.12. The molecule has 0 spiro atoms. The molecule has 1 aromatic heterocycles. The molecule has 0 aliphatic rings. The van der Waals surface area contributed by atoms with Crippen molar-refractivity contribution in [3.63, 3.8) is 0 Å². The first-order chi connectivity index (χ1) is 12.1. The first-order valence-corrected chi connectivity index (χ1v) is 8.18. The molecule has 1 heterocycles. The second-order valence-electron chi connectivity index (χ2n) is 5.73. The topological polar surface area (TPSA) is 86.0 Å². The summed E-state index contributed by atoms with van der Waals surface area (Å²) in [7, 11) is 1.61. The molecule has 3 rings (SSSR count). The molecule has 1 atom stereocenters. The van der Waals surface area contributed by atoms with Crippen LogP contribution in [0, 0.1) is 6.92 Å². The standard InChI is InChI=1S/C19H22N4O2/c1-4-25-15-9-8-13(11-16(15)24-3)17(20)19-21-18(22-23-19)14-7-5-6-12(2)10-14/h5-11,17H,4,20H2,1-3H3,(H,21,22,23). The van der Waals surface area contributed by atoms with Gasteiger partial charge in [0, 0.05) is 5.56 Å². The molecule has 0 bridgehead atoms. The number of benzene rings is 2. The third-order valence-corrected chi connectivity index (χ3v) is 3.92. The van der Waals surface area contributed by atoms with E-state index in [0.717, 1.165) is 16.7 Å². The first kappa shape index (κ1) is 17.0. The minimum atomic E-state index is -0.435. The molecule has 3 aromatic rings. The Hall–Kier alpha value is -2.86. The normalized spacial score (nSPS) is 12.0. The average molecular weight is 338 g/mol. The summed E-state index contributed by atoms with van der Waals surface area (Å²) in [6.07, 6.45) is 0. The lowest BCUT2D eigenvalue weighted by Crippen LogP contribution is -2.14. The SMILES string of the molecule is CCOc1ccc(C(N)c2nc(-c3cccc(C)c3)n[nH]2)cc1OC. The van der Waals surface area contributed by atoms with Crippen LogP contribution in [0.15, 0.2) is 42.5 Å². The Kier molecular flexibility index (Phi) is 5.00. The third kappa shape index (κ3) is 3.64. The van der Waals surface area contributed by atoms with Crippen LogP contribution >= 0.6 is 0 Å². The Morgan fingerprint density at radius 2 is 2.00 bits per heavy atom. The molecule has 0 radical (unpaired) electrons. The number of nitrogens with two attached hydrogens (primary N) is 1. The maximum Gasteiger partial charge on any atom is 0.181 e. The van der Waals surface area contributed by atoms with E-state index in [9.17, 15) is 0 Å². The summed E-state index contributed by atoms with van der Waals surface area (Å²) in [5.74, 6) is 2.57. The number of methoxy groups -OCH3 is 1. The van der Waals surface area contributed by atoms with Crippen LogP contribution in [-0.4, -0.2) is 28.9 Å². The number of aryl methyl sites for hydroxylation is 1. The van der Waals surface area contributed by atoms with Gasteiger partial charge in [-0.2, -0.15) is 5.10 Å². The predicted molar refractivity (Wildman–Crippen MR) is 96.7 cm³/mol. The van der Waals surface area contributed by atoms with Gasteiger partial charge in [-0.3, -0.25) is 5.10 Å². The fourth-order valence-electron chi connectivity index (χ4n) is 2.64. The number of rotatable bonds is 6. The van der Waals surface area contributed by atoms with Crippen LogP contribution in [0.25, 0.3) is 11.4 Å². The summed E-state index contributed by atoms with van der Waals surface area (Å²) in [4.78, 5) is 4.55. The largest absolute Gasteiger partial charge is 0.493 e. The Morgan fingerprint density at radius 1 is 1.16 bits per heavy atom. The maximum absolute atomic E-state index is 6.36. The van der Waals surface area contributed by atoms with Crippen molar-refractivity contribution in [1.82, 2.24) is 15.2 Å². The Labute approximate surface area is 147 Å². The van der Waals surface area contributed by atoms with Gasteiger partial charge in [0.2, 0.25) is 0 Å². The van der Waals surface area contributed by atoms with E-state index >= 15 is 0 Å². The van der Waals surface area contributed by atoms with Crippen molar-refractivity contribution < 1.29 is 9.47 Å². The molecule has 6 heteroatoms. The second-order valence-corrected chi connectivity index (χ2v) is 5.73. The number of aromatic nitrogens is 3. The van der Waals surface area contributed by atoms with Gasteiger partial charge in [-0.05, 0) is 37.6 Å². The highest BCUT2D eigenvalue weighted by atomic mass is 16.5. The zero-order valence-corrected chi connectivity index (χ0v) is 14.6. The number of ether oxygens (including phenoxy) is 2. The minimum Gasteiger partial charge on any atom is -0.493 e. The molecule has 3 N–H and O–H groups in total. The van der Waals surface area contributed by atoms with Crippen molar-refractivity contribution in [2.45, 2.75) is 19.9 Å². The fourth-order valence-corrected chi connectivity index (χ4v) is 2.64. The van der Waals surface area contributed by atoms with Crippen LogP contribution in [0.1, 0.15) is 29.9 Å². The first-order valence-electron chi connectivity index (χ1n) is 8.18. The van der Waals surface area contributed by atoms with Crippen LogP contribution < -0.4 is 15.2 Å². The van der Waals surface area contributed by atoms with Gasteiger partial charge in [-0.25, -0.2) is 4.98 Å². The van der Waals surface area contributed by atoms with Crippen LogP contribution in [0.4, 0.5) is 0 Å². The van der Waals surface area contributed by atoms with Crippen LogP contribution in [0.5, 0.6) is 11.5 Å². The Balaban J connectivity index is 1.87. The van der Waals surface area contributed by atoms with Crippen molar-refractivity contribution in [1.29, 1.82) is 0 Å². The molecule has 130 valence electrons. The van der Waals surface area contributed by atoms with Gasteiger partial charge in [-0.15, -0.1) is 0 Å². The lowest BCUT2D eigenvalue weighted by atomic mass is 10.1. The number of H-pyrrole nitrogens is 1. The van der Waals surface area contributed by atoms with E-state index < -0.39 is 6.04 Å². The highest BCUT2D eigenvalue weighted by Gasteiger charge is 2.17. The summed E-state index contributed by atoms with van der Waals surface area (Å²) in [5.41, 5.74) is 9.34. The molecule has 0 fully saturated rings. The summed E-state index contributed by atoms with van der Waals surface area (Å²) >= 11 is 0. The number of nitrogens with one attached hydrogen (secondary N) is 1. The Bertz CT molecular complexity index is 860. The summed E-state index contributed by atoms with van der Waals surface area (Å²) in [6.45, 7) is 4.54. The lowest BCUT2D eigenvalue weighted by Gasteiger charge is -2.13. The zero-order valence-electron chi connectivity index (χ0n) is 14.6. The van der Waals surface area contributed by atoms with Gasteiger partial charge in [0.05, 0.1) is 19.8 Å². The van der Waals surface area contributed by atoms with Crippen LogP contribution in [-0.2, 0) is 0 Å². The lowest BCUT2D eigenvalue weighted by molar-refractivity contribution is 0.310. The van der Waals surface area contributed by atoms with E-state index in [0.29, 0.717) is 29.8 Å². The Morgan fingerprint density at radius 3 is 2.72 bits per heavy atom. The minimum absolute atomic E-state index is 0.435. The molecule has 2 aromatic carbocycles. The number of hydrogen-bond donors (Lipinski definition) is 2. The smallest absolute Gasteiger partial charge is 0.181 e. The van der Waals surface area contributed by atoms with E-state index in [-0.39, 0.29) is 0 Å². The quantitative estimate of drug-likeness (QED) is 0.720. The summed E-state index contributed by atoms with van der Waals surface area (Å²) in [6, 6.07) is 13.2. The second kappa shape index (κ2) is 7.36. The van der Waals surface area contributed by atoms with Gasteiger partial charge in [-0.1, -0.05) is 29.8 Å². The van der Waals surface area contributed by atoms with Crippen molar-refractivity contribution >= 4 is 0 Å². The third-order valence-electron chi connectivity index (χ3n) is 3.92.